The zero-order valence-corrected chi connectivity index (χ0v) is 21.8. The van der Waals surface area contributed by atoms with Gasteiger partial charge in [0, 0.05) is 23.0 Å². The molecule has 4 rings (SSSR count). The largest absolute Gasteiger partial charge is 0.375 e. The van der Waals surface area contributed by atoms with Crippen molar-refractivity contribution in [3.63, 3.8) is 0 Å². The zero-order valence-electron chi connectivity index (χ0n) is 21.0. The van der Waals surface area contributed by atoms with E-state index in [0.29, 0.717) is 12.1 Å². The fourth-order valence-corrected chi connectivity index (χ4v) is 6.76. The van der Waals surface area contributed by atoms with E-state index in [1.807, 2.05) is 6.08 Å². The Morgan fingerprint density at radius 2 is 2.06 bits per heavy atom. The minimum atomic E-state index is 0.0530. The molecule has 0 spiro atoms. The van der Waals surface area contributed by atoms with E-state index in [0.717, 1.165) is 49.6 Å². The van der Waals surface area contributed by atoms with Gasteiger partial charge in [0.2, 0.25) is 5.91 Å². The molecule has 0 unspecified atom stereocenters. The number of carbonyl (C=O) groups excluding carboxylic acids is 1. The van der Waals surface area contributed by atoms with Crippen LogP contribution in [0.25, 0.3) is 0 Å². The molecule has 6 heteroatoms. The number of carbonyl (C=O) groups is 1. The Morgan fingerprint density at radius 1 is 1.24 bits per heavy atom. The number of amides is 1. The molecule has 3 aliphatic carbocycles. The summed E-state index contributed by atoms with van der Waals surface area (Å²) in [5, 5.41) is 3.97. The Hall–Kier alpha value is -1.92. The van der Waals surface area contributed by atoms with Crippen LogP contribution in [0, 0.1) is 5.92 Å². The number of anilines is 1. The minimum absolute atomic E-state index is 0.0530. The van der Waals surface area contributed by atoms with Crippen molar-refractivity contribution >= 4 is 22.4 Å². The van der Waals surface area contributed by atoms with Crippen LogP contribution in [0.5, 0.6) is 0 Å². The SMILES string of the molecule is CCCN(CCC1CCC(NC(=O)/C=C/C2=C(C)CCC=C2)CC1)[C@H]1CCc2nc(N)sc2C1. The highest BCUT2D eigenvalue weighted by atomic mass is 32.1. The lowest BCUT2D eigenvalue weighted by molar-refractivity contribution is -0.117. The second-order valence-electron chi connectivity index (χ2n) is 10.4. The molecule has 1 heterocycles. The number of aryl methyl sites for hydroxylation is 1. The van der Waals surface area contributed by atoms with Gasteiger partial charge in [-0.15, -0.1) is 11.3 Å². The van der Waals surface area contributed by atoms with E-state index in [1.54, 1.807) is 17.4 Å². The summed E-state index contributed by atoms with van der Waals surface area (Å²) in [5.41, 5.74) is 9.75. The third kappa shape index (κ3) is 6.82. The van der Waals surface area contributed by atoms with Crippen LogP contribution in [0.3, 0.4) is 0 Å². The molecule has 3 aliphatic rings. The van der Waals surface area contributed by atoms with Crippen molar-refractivity contribution in [1.82, 2.24) is 15.2 Å². The van der Waals surface area contributed by atoms with E-state index in [4.69, 9.17) is 5.73 Å². The maximum atomic E-state index is 12.4. The van der Waals surface area contributed by atoms with Crippen molar-refractivity contribution in [3.8, 4) is 0 Å². The summed E-state index contributed by atoms with van der Waals surface area (Å²) in [7, 11) is 0. The van der Waals surface area contributed by atoms with Crippen LogP contribution < -0.4 is 11.1 Å². The summed E-state index contributed by atoms with van der Waals surface area (Å²) >= 11 is 1.69. The molecule has 1 aromatic heterocycles. The Morgan fingerprint density at radius 3 is 2.82 bits per heavy atom. The Balaban J connectivity index is 1.19. The van der Waals surface area contributed by atoms with Gasteiger partial charge in [-0.05, 0) is 108 Å². The van der Waals surface area contributed by atoms with Crippen molar-refractivity contribution in [2.45, 2.75) is 96.6 Å². The van der Waals surface area contributed by atoms with Crippen molar-refractivity contribution in [1.29, 1.82) is 0 Å². The summed E-state index contributed by atoms with van der Waals surface area (Å²) in [4.78, 5) is 21.1. The molecule has 1 saturated carbocycles. The lowest BCUT2D eigenvalue weighted by Gasteiger charge is -2.36. The smallest absolute Gasteiger partial charge is 0.244 e. The molecular weight excluding hydrogens is 440 g/mol. The predicted octanol–water partition coefficient (Wildman–Crippen LogP) is 5.58. The van der Waals surface area contributed by atoms with Crippen molar-refractivity contribution in [2.75, 3.05) is 18.8 Å². The maximum absolute atomic E-state index is 12.4. The van der Waals surface area contributed by atoms with Crippen LogP contribution >= 0.6 is 11.3 Å². The predicted molar refractivity (Wildman–Crippen MR) is 143 cm³/mol. The zero-order chi connectivity index (χ0) is 23.9. The average molecular weight is 483 g/mol. The summed E-state index contributed by atoms with van der Waals surface area (Å²) < 4.78 is 0. The van der Waals surface area contributed by atoms with Crippen molar-refractivity contribution in [3.05, 3.63) is 46.0 Å². The van der Waals surface area contributed by atoms with Crippen molar-refractivity contribution in [2.24, 2.45) is 5.92 Å². The average Bonchev–Trinajstić information content (AvgIpc) is 3.21. The number of fused-ring (bicyclic) bond motifs is 1. The Kier molecular flexibility index (Phi) is 9.01. The Bertz CT molecular complexity index is 923. The number of nitrogens with zero attached hydrogens (tertiary/aromatic N) is 2. The third-order valence-corrected chi connectivity index (χ3v) is 8.81. The number of hydrogen-bond donors (Lipinski definition) is 2. The fourth-order valence-electron chi connectivity index (χ4n) is 5.81. The number of allylic oxidation sites excluding steroid dienone is 5. The standard InChI is InChI=1S/C28H42N4OS/c1-3-17-32(24-13-14-25-26(19-24)34-28(29)31-25)18-16-21-8-11-23(12-9-21)30-27(33)15-10-22-7-5-4-6-20(22)2/h5,7,10,15,21,23-24H,3-4,6,8-9,11-14,16-19H2,1-2H3,(H2,29,31)(H,30,33)/b15-10+/t21?,23?,24-/m0/s1. The molecule has 5 nitrogen and oxygen atoms in total. The topological polar surface area (TPSA) is 71.2 Å². The molecule has 1 aromatic rings. The normalized spacial score (nSPS) is 25.2. The van der Waals surface area contributed by atoms with Gasteiger partial charge in [0.25, 0.3) is 0 Å². The van der Waals surface area contributed by atoms with Gasteiger partial charge in [-0.1, -0.05) is 24.6 Å². The van der Waals surface area contributed by atoms with Crippen molar-refractivity contribution < 1.29 is 4.79 Å². The highest BCUT2D eigenvalue weighted by Gasteiger charge is 2.28. The van der Waals surface area contributed by atoms with Gasteiger partial charge in [0.15, 0.2) is 5.13 Å². The fraction of sp³-hybridized carbons (Fsp3) is 0.643. The number of nitrogens with one attached hydrogen (secondary N) is 1. The molecule has 186 valence electrons. The number of nitrogen functional groups attached to an aromatic ring is 1. The van der Waals surface area contributed by atoms with Crippen LogP contribution in [0.2, 0.25) is 0 Å². The highest BCUT2D eigenvalue weighted by molar-refractivity contribution is 7.15. The van der Waals surface area contributed by atoms with Crippen LogP contribution in [-0.4, -0.2) is 41.0 Å². The molecule has 1 atom stereocenters. The molecule has 1 fully saturated rings. The first kappa shape index (κ1) is 25.2. The third-order valence-electron chi connectivity index (χ3n) is 7.87. The van der Waals surface area contributed by atoms with Gasteiger partial charge in [-0.3, -0.25) is 4.79 Å². The van der Waals surface area contributed by atoms with Crippen LogP contribution in [0.4, 0.5) is 5.13 Å². The number of nitrogens with two attached hydrogens (primary N) is 1. The quantitative estimate of drug-likeness (QED) is 0.451. The number of aromatic nitrogens is 1. The van der Waals surface area contributed by atoms with Crippen LogP contribution in [0.1, 0.15) is 82.2 Å². The molecule has 3 N–H and O–H groups in total. The minimum Gasteiger partial charge on any atom is -0.375 e. The van der Waals surface area contributed by atoms with Gasteiger partial charge >= 0.3 is 0 Å². The van der Waals surface area contributed by atoms with E-state index in [-0.39, 0.29) is 5.91 Å². The number of hydrogen-bond acceptors (Lipinski definition) is 5. The van der Waals surface area contributed by atoms with Gasteiger partial charge in [0.05, 0.1) is 5.69 Å². The molecular formula is C28H42N4OS. The second-order valence-corrected chi connectivity index (χ2v) is 11.5. The second kappa shape index (κ2) is 12.2. The van der Waals surface area contributed by atoms with E-state index < -0.39 is 0 Å². The first-order valence-electron chi connectivity index (χ1n) is 13.3. The molecule has 0 radical (unpaired) electrons. The first-order chi connectivity index (χ1) is 16.5. The van der Waals surface area contributed by atoms with E-state index >= 15 is 0 Å². The van der Waals surface area contributed by atoms with E-state index in [9.17, 15) is 4.79 Å². The summed E-state index contributed by atoms with van der Waals surface area (Å²) in [6.07, 6.45) is 20.7. The molecule has 0 saturated heterocycles. The Labute approximate surface area is 209 Å². The van der Waals surface area contributed by atoms with Gasteiger partial charge < -0.3 is 16.0 Å². The monoisotopic (exact) mass is 482 g/mol. The molecule has 0 aliphatic heterocycles. The molecule has 0 aromatic carbocycles. The lowest BCUT2D eigenvalue weighted by atomic mass is 9.83. The van der Waals surface area contributed by atoms with Gasteiger partial charge in [-0.25, -0.2) is 4.98 Å². The summed E-state index contributed by atoms with van der Waals surface area (Å²) in [6, 6.07) is 0.957. The molecule has 0 bridgehead atoms. The number of thiazole rings is 1. The lowest BCUT2D eigenvalue weighted by Crippen LogP contribution is -2.41. The van der Waals surface area contributed by atoms with Crippen LogP contribution in [-0.2, 0) is 17.6 Å². The van der Waals surface area contributed by atoms with E-state index in [2.05, 4.69) is 41.2 Å². The summed E-state index contributed by atoms with van der Waals surface area (Å²) in [5.74, 6) is 0.832. The van der Waals surface area contributed by atoms with E-state index in [1.165, 1.54) is 66.9 Å². The number of rotatable bonds is 9. The first-order valence-corrected chi connectivity index (χ1v) is 14.2. The summed E-state index contributed by atoms with van der Waals surface area (Å²) in [6.45, 7) is 6.81. The molecule has 1 amide bonds. The van der Waals surface area contributed by atoms with Crippen LogP contribution in [0.15, 0.2) is 35.5 Å². The molecule has 34 heavy (non-hydrogen) atoms. The maximum Gasteiger partial charge on any atom is 0.244 e. The van der Waals surface area contributed by atoms with Gasteiger partial charge in [0.1, 0.15) is 0 Å². The van der Waals surface area contributed by atoms with Gasteiger partial charge in [-0.2, -0.15) is 0 Å². The highest BCUT2D eigenvalue weighted by Crippen LogP contribution is 2.32.